The van der Waals surface area contributed by atoms with E-state index >= 15 is 0 Å². The lowest BCUT2D eigenvalue weighted by molar-refractivity contribution is -0.149. The van der Waals surface area contributed by atoms with Crippen LogP contribution in [0.1, 0.15) is 19.8 Å². The molecule has 1 aromatic heterocycles. The van der Waals surface area contributed by atoms with Gasteiger partial charge >= 0.3 is 5.97 Å². The van der Waals surface area contributed by atoms with Crippen LogP contribution in [0.2, 0.25) is 0 Å². The van der Waals surface area contributed by atoms with E-state index in [1.165, 1.54) is 12.5 Å². The third-order valence-electron chi connectivity index (χ3n) is 3.13. The average molecular weight is 303 g/mol. The number of rotatable bonds is 6. The van der Waals surface area contributed by atoms with Crippen LogP contribution in [-0.2, 0) is 26.1 Å². The van der Waals surface area contributed by atoms with E-state index in [4.69, 9.17) is 9.84 Å². The van der Waals surface area contributed by atoms with E-state index in [-0.39, 0.29) is 11.6 Å². The van der Waals surface area contributed by atoms with Gasteiger partial charge in [0.2, 0.25) is 0 Å². The number of sulfonamides is 1. The first-order valence-electron chi connectivity index (χ1n) is 6.32. The molecule has 1 aliphatic heterocycles. The first-order chi connectivity index (χ1) is 9.42. The summed E-state index contributed by atoms with van der Waals surface area (Å²) in [4.78, 5) is 14.6. The van der Waals surface area contributed by atoms with Crippen molar-refractivity contribution in [3.63, 3.8) is 0 Å². The number of ether oxygens (including phenoxy) is 1. The number of aryl methyl sites for hydroxylation is 1. The molecule has 0 saturated carbocycles. The number of carboxylic acid groups (broad SMARTS) is 1. The van der Waals surface area contributed by atoms with Gasteiger partial charge in [0, 0.05) is 19.3 Å². The van der Waals surface area contributed by atoms with Gasteiger partial charge < -0.3 is 14.4 Å². The smallest absolute Gasteiger partial charge is 0.332 e. The van der Waals surface area contributed by atoms with E-state index in [9.17, 15) is 13.2 Å². The summed E-state index contributed by atoms with van der Waals surface area (Å²) in [6.07, 6.45) is 2.54. The number of imidazole rings is 1. The van der Waals surface area contributed by atoms with Crippen molar-refractivity contribution < 1.29 is 23.1 Å². The van der Waals surface area contributed by atoms with Crippen molar-refractivity contribution >= 4 is 16.0 Å². The van der Waals surface area contributed by atoms with Gasteiger partial charge in [0.1, 0.15) is 0 Å². The van der Waals surface area contributed by atoms with Gasteiger partial charge in [-0.2, -0.15) is 0 Å². The minimum Gasteiger partial charge on any atom is -0.479 e. The lowest BCUT2D eigenvalue weighted by atomic mass is 10.2. The molecule has 1 saturated heterocycles. The Balaban J connectivity index is 1.92. The summed E-state index contributed by atoms with van der Waals surface area (Å²) in [5, 5.41) is 8.74. The molecule has 2 heterocycles. The first-order valence-corrected chi connectivity index (χ1v) is 7.80. The molecule has 2 rings (SSSR count). The SMILES string of the molecule is CCn1cnc(S(=O)(=O)NCC2CCC(C(=O)O)O2)c1. The maximum Gasteiger partial charge on any atom is 0.332 e. The van der Waals surface area contributed by atoms with Crippen molar-refractivity contribution in [2.75, 3.05) is 6.54 Å². The topological polar surface area (TPSA) is 111 Å². The minimum absolute atomic E-state index is 0.0467. The number of aromatic nitrogens is 2. The second-order valence-electron chi connectivity index (χ2n) is 4.56. The Hall–Kier alpha value is -1.45. The van der Waals surface area contributed by atoms with Crippen molar-refractivity contribution in [3.05, 3.63) is 12.5 Å². The van der Waals surface area contributed by atoms with Crippen LogP contribution in [0.15, 0.2) is 17.6 Å². The molecule has 2 unspecified atom stereocenters. The maximum absolute atomic E-state index is 12.0. The van der Waals surface area contributed by atoms with Crippen LogP contribution in [0.5, 0.6) is 0 Å². The normalized spacial score (nSPS) is 23.1. The summed E-state index contributed by atoms with van der Waals surface area (Å²) < 4.78 is 33.2. The van der Waals surface area contributed by atoms with Gasteiger partial charge in [-0.1, -0.05) is 0 Å². The Labute approximate surface area is 116 Å². The summed E-state index contributed by atoms with van der Waals surface area (Å²) >= 11 is 0. The summed E-state index contributed by atoms with van der Waals surface area (Å²) in [6.45, 7) is 2.56. The lowest BCUT2D eigenvalue weighted by Gasteiger charge is -2.11. The number of nitrogens with one attached hydrogen (secondary N) is 1. The fourth-order valence-corrected chi connectivity index (χ4v) is 2.98. The van der Waals surface area contributed by atoms with E-state index in [2.05, 4.69) is 9.71 Å². The molecule has 0 aromatic carbocycles. The standard InChI is InChI=1S/C11H17N3O5S/c1-2-14-6-10(12-7-14)20(17,18)13-5-8-3-4-9(19-8)11(15)16/h6-9,13H,2-5H2,1H3,(H,15,16). The van der Waals surface area contributed by atoms with Gasteiger partial charge in [-0.15, -0.1) is 0 Å². The van der Waals surface area contributed by atoms with Crippen LogP contribution in [-0.4, -0.2) is 47.8 Å². The van der Waals surface area contributed by atoms with Gasteiger partial charge in [0.15, 0.2) is 11.1 Å². The maximum atomic E-state index is 12.0. The highest BCUT2D eigenvalue weighted by Gasteiger charge is 2.31. The Kier molecular flexibility index (Phi) is 4.41. The zero-order chi connectivity index (χ0) is 14.8. The molecule has 2 atom stereocenters. The van der Waals surface area contributed by atoms with Gasteiger partial charge in [0.25, 0.3) is 10.0 Å². The van der Waals surface area contributed by atoms with Crippen LogP contribution in [0.4, 0.5) is 0 Å². The van der Waals surface area contributed by atoms with Crippen molar-refractivity contribution in [3.8, 4) is 0 Å². The van der Waals surface area contributed by atoms with Gasteiger partial charge in [-0.3, -0.25) is 0 Å². The quantitative estimate of drug-likeness (QED) is 0.754. The largest absolute Gasteiger partial charge is 0.479 e. The van der Waals surface area contributed by atoms with Crippen LogP contribution < -0.4 is 4.72 Å². The fraction of sp³-hybridized carbons (Fsp3) is 0.636. The summed E-state index contributed by atoms with van der Waals surface area (Å²) in [5.41, 5.74) is 0. The second-order valence-corrected chi connectivity index (χ2v) is 6.27. The summed E-state index contributed by atoms with van der Waals surface area (Å²) in [5.74, 6) is -1.02. The molecule has 20 heavy (non-hydrogen) atoms. The van der Waals surface area contributed by atoms with Crippen LogP contribution in [0.25, 0.3) is 0 Å². The predicted molar refractivity (Wildman–Crippen MR) is 68.6 cm³/mol. The fourth-order valence-electron chi connectivity index (χ4n) is 1.97. The monoisotopic (exact) mass is 303 g/mol. The molecule has 8 nitrogen and oxygen atoms in total. The predicted octanol–water partition coefficient (Wildman–Crippen LogP) is -0.186. The minimum atomic E-state index is -3.68. The molecule has 2 N–H and O–H groups in total. The number of carboxylic acids is 1. The van der Waals surface area contributed by atoms with Crippen molar-refractivity contribution in [1.82, 2.24) is 14.3 Å². The molecule has 112 valence electrons. The highest BCUT2D eigenvalue weighted by molar-refractivity contribution is 7.89. The molecule has 0 radical (unpaired) electrons. The first kappa shape index (κ1) is 14.9. The highest BCUT2D eigenvalue weighted by atomic mass is 32.2. The van der Waals surface area contributed by atoms with Crippen molar-refractivity contribution in [1.29, 1.82) is 0 Å². The summed E-state index contributed by atoms with van der Waals surface area (Å²) in [6, 6.07) is 0. The van der Waals surface area contributed by atoms with Gasteiger partial charge in [-0.25, -0.2) is 22.9 Å². The Morgan fingerprint density at radius 1 is 1.60 bits per heavy atom. The van der Waals surface area contributed by atoms with E-state index in [1.807, 2.05) is 6.92 Å². The number of hydrogen-bond donors (Lipinski definition) is 2. The Bertz CT molecular complexity index is 583. The van der Waals surface area contributed by atoms with Gasteiger partial charge in [-0.05, 0) is 19.8 Å². The molecule has 9 heteroatoms. The molecule has 0 spiro atoms. The van der Waals surface area contributed by atoms with E-state index in [1.54, 1.807) is 4.57 Å². The second kappa shape index (κ2) is 5.90. The summed E-state index contributed by atoms with van der Waals surface area (Å²) in [7, 11) is -3.68. The highest BCUT2D eigenvalue weighted by Crippen LogP contribution is 2.19. The molecule has 1 aliphatic rings. The Morgan fingerprint density at radius 2 is 2.35 bits per heavy atom. The third-order valence-corrected chi connectivity index (χ3v) is 4.44. The molecular formula is C11H17N3O5S. The molecule has 0 amide bonds. The average Bonchev–Trinajstić information content (AvgIpc) is 3.05. The number of nitrogens with zero attached hydrogens (tertiary/aromatic N) is 2. The van der Waals surface area contributed by atoms with Crippen LogP contribution >= 0.6 is 0 Å². The number of aliphatic carboxylic acids is 1. The van der Waals surface area contributed by atoms with E-state index in [0.717, 1.165) is 0 Å². The third kappa shape index (κ3) is 3.35. The van der Waals surface area contributed by atoms with Gasteiger partial charge in [0.05, 0.1) is 12.4 Å². The number of carbonyl (C=O) groups is 1. The van der Waals surface area contributed by atoms with Crippen molar-refractivity contribution in [2.45, 2.75) is 43.5 Å². The van der Waals surface area contributed by atoms with Crippen LogP contribution in [0, 0.1) is 0 Å². The molecule has 0 aliphatic carbocycles. The van der Waals surface area contributed by atoms with E-state index < -0.39 is 28.2 Å². The molecule has 1 aromatic rings. The molecular weight excluding hydrogens is 286 g/mol. The zero-order valence-corrected chi connectivity index (χ0v) is 11.8. The molecule has 0 bridgehead atoms. The van der Waals surface area contributed by atoms with Crippen LogP contribution in [0.3, 0.4) is 0 Å². The molecule has 1 fully saturated rings. The number of hydrogen-bond acceptors (Lipinski definition) is 5. The Morgan fingerprint density at radius 3 is 2.90 bits per heavy atom. The zero-order valence-electron chi connectivity index (χ0n) is 11.0. The van der Waals surface area contributed by atoms with E-state index in [0.29, 0.717) is 19.4 Å². The van der Waals surface area contributed by atoms with Crippen molar-refractivity contribution in [2.24, 2.45) is 0 Å². The lowest BCUT2D eigenvalue weighted by Crippen LogP contribution is -2.33.